The highest BCUT2D eigenvalue weighted by Crippen LogP contribution is 2.35. The molecule has 140 valence electrons. The summed E-state index contributed by atoms with van der Waals surface area (Å²) in [6, 6.07) is 8.01. The molecule has 0 unspecified atom stereocenters. The van der Waals surface area contributed by atoms with Crippen molar-refractivity contribution in [2.45, 2.75) is 29.7 Å². The van der Waals surface area contributed by atoms with Crippen molar-refractivity contribution in [2.75, 3.05) is 31.3 Å². The molecule has 1 aromatic carbocycles. The molecular formula is C17H21Br2N5S2. The predicted molar refractivity (Wildman–Crippen MR) is 121 cm³/mol. The van der Waals surface area contributed by atoms with E-state index >= 15 is 0 Å². The van der Waals surface area contributed by atoms with Crippen LogP contribution >= 0.6 is 55.8 Å². The lowest BCUT2D eigenvalue weighted by Crippen LogP contribution is -2.31. The highest BCUT2D eigenvalue weighted by atomic mass is 79.9. The van der Waals surface area contributed by atoms with Gasteiger partial charge in [0, 0.05) is 35.7 Å². The van der Waals surface area contributed by atoms with Crippen molar-refractivity contribution in [3.63, 3.8) is 0 Å². The van der Waals surface area contributed by atoms with E-state index in [2.05, 4.69) is 64.5 Å². The highest BCUT2D eigenvalue weighted by molar-refractivity contribution is 9.11. The largest absolute Gasteiger partial charge is 0.371 e. The molecule has 0 aliphatic heterocycles. The molecule has 0 amide bonds. The predicted octanol–water partition coefficient (Wildman–Crippen LogP) is 5.62. The van der Waals surface area contributed by atoms with Gasteiger partial charge in [0.05, 0.1) is 4.47 Å². The normalized spacial score (nSPS) is 10.5. The molecule has 5 nitrogen and oxygen atoms in total. The van der Waals surface area contributed by atoms with E-state index in [4.69, 9.17) is 12.2 Å². The molecule has 0 aliphatic carbocycles. The van der Waals surface area contributed by atoms with Gasteiger partial charge < -0.3 is 15.5 Å². The van der Waals surface area contributed by atoms with E-state index in [1.54, 1.807) is 11.8 Å². The van der Waals surface area contributed by atoms with Gasteiger partial charge in [0.2, 0.25) is 0 Å². The van der Waals surface area contributed by atoms with Crippen molar-refractivity contribution in [1.29, 1.82) is 0 Å². The third-order valence-electron chi connectivity index (χ3n) is 3.55. The van der Waals surface area contributed by atoms with Gasteiger partial charge in [-0.05, 0) is 74.8 Å². The number of thiocarbonyl (C=S) groups is 1. The van der Waals surface area contributed by atoms with Gasteiger partial charge in [-0.25, -0.2) is 0 Å². The van der Waals surface area contributed by atoms with Crippen LogP contribution in [0.4, 0.5) is 11.5 Å². The van der Waals surface area contributed by atoms with Crippen LogP contribution in [0.5, 0.6) is 0 Å². The number of aromatic nitrogens is 2. The smallest absolute Gasteiger partial charge is 0.173 e. The molecule has 1 heterocycles. The Morgan fingerprint density at radius 2 is 2.00 bits per heavy atom. The summed E-state index contributed by atoms with van der Waals surface area (Å²) in [6.45, 7) is 3.13. The number of unbranched alkanes of at least 4 members (excludes halogenated alkanes) is 1. The summed E-state index contributed by atoms with van der Waals surface area (Å²) < 4.78 is 1.86. The number of rotatable bonds is 7. The van der Waals surface area contributed by atoms with E-state index < -0.39 is 0 Å². The van der Waals surface area contributed by atoms with Crippen molar-refractivity contribution in [1.82, 2.24) is 15.1 Å². The first kappa shape index (κ1) is 21.4. The SMILES string of the molecule is CCCCN(C)C(=S)Nc1ccc(Sc2cc(Br)c(NC)nn2)c(Br)c1. The summed E-state index contributed by atoms with van der Waals surface area (Å²) in [5.41, 5.74) is 0.951. The Morgan fingerprint density at radius 3 is 2.62 bits per heavy atom. The molecule has 0 fully saturated rings. The third-order valence-corrected chi connectivity index (χ3v) is 6.47. The van der Waals surface area contributed by atoms with Crippen LogP contribution in [0.15, 0.2) is 43.1 Å². The quantitative estimate of drug-likeness (QED) is 0.461. The van der Waals surface area contributed by atoms with E-state index in [1.165, 1.54) is 0 Å². The minimum atomic E-state index is 0.716. The molecule has 0 saturated heterocycles. The number of hydrogen-bond acceptors (Lipinski definition) is 5. The van der Waals surface area contributed by atoms with Crippen LogP contribution in [0, 0.1) is 0 Å². The monoisotopic (exact) mass is 517 g/mol. The molecule has 0 radical (unpaired) electrons. The van der Waals surface area contributed by atoms with Crippen LogP contribution < -0.4 is 10.6 Å². The second-order valence-electron chi connectivity index (χ2n) is 5.58. The summed E-state index contributed by atoms with van der Waals surface area (Å²) in [7, 11) is 3.82. The summed E-state index contributed by atoms with van der Waals surface area (Å²) in [5, 5.41) is 16.2. The fraction of sp³-hybridized carbons (Fsp3) is 0.353. The number of anilines is 2. The van der Waals surface area contributed by atoms with Gasteiger partial charge in [0.15, 0.2) is 10.9 Å². The first-order chi connectivity index (χ1) is 12.4. The summed E-state index contributed by atoms with van der Waals surface area (Å²) in [5.74, 6) is 0.716. The first-order valence-electron chi connectivity index (χ1n) is 8.15. The topological polar surface area (TPSA) is 53.1 Å². The van der Waals surface area contributed by atoms with E-state index in [0.717, 1.165) is 49.1 Å². The number of halogens is 2. The minimum absolute atomic E-state index is 0.716. The highest BCUT2D eigenvalue weighted by Gasteiger charge is 2.10. The molecule has 26 heavy (non-hydrogen) atoms. The second-order valence-corrected chi connectivity index (χ2v) is 8.74. The van der Waals surface area contributed by atoms with Crippen molar-refractivity contribution in [2.24, 2.45) is 0 Å². The zero-order valence-electron chi connectivity index (χ0n) is 14.8. The minimum Gasteiger partial charge on any atom is -0.371 e. The van der Waals surface area contributed by atoms with Crippen molar-refractivity contribution in [3.8, 4) is 0 Å². The number of hydrogen-bond donors (Lipinski definition) is 2. The van der Waals surface area contributed by atoms with Crippen molar-refractivity contribution >= 4 is 72.5 Å². The molecule has 1 aromatic heterocycles. The fourth-order valence-electron chi connectivity index (χ4n) is 2.06. The summed E-state index contributed by atoms with van der Waals surface area (Å²) in [4.78, 5) is 3.12. The Kier molecular flexibility index (Phi) is 8.59. The fourth-order valence-corrected chi connectivity index (χ4v) is 4.31. The van der Waals surface area contributed by atoms with E-state index in [9.17, 15) is 0 Å². The Morgan fingerprint density at radius 1 is 1.23 bits per heavy atom. The molecule has 0 saturated carbocycles. The maximum Gasteiger partial charge on any atom is 0.173 e. The number of nitrogens with zero attached hydrogens (tertiary/aromatic N) is 3. The van der Waals surface area contributed by atoms with Gasteiger partial charge in [-0.15, -0.1) is 10.2 Å². The zero-order chi connectivity index (χ0) is 19.1. The van der Waals surface area contributed by atoms with Crippen molar-refractivity contribution in [3.05, 3.63) is 33.2 Å². The second kappa shape index (κ2) is 10.4. The summed E-state index contributed by atoms with van der Waals surface area (Å²) in [6.07, 6.45) is 2.28. The lowest BCUT2D eigenvalue weighted by atomic mass is 10.3. The number of nitrogens with one attached hydrogen (secondary N) is 2. The standard InChI is InChI=1S/C17H21Br2N5S2/c1-4-5-8-24(3)17(25)21-11-6-7-14(12(18)9-11)26-15-10-13(19)16(20-2)23-22-15/h6-7,9-10H,4-5,8H2,1-3H3,(H,20,23)(H,21,25). The van der Waals surface area contributed by atoms with Gasteiger partial charge in [0.25, 0.3) is 0 Å². The van der Waals surface area contributed by atoms with E-state index in [0.29, 0.717) is 5.82 Å². The molecule has 2 rings (SSSR count). The van der Waals surface area contributed by atoms with Crippen molar-refractivity contribution < 1.29 is 0 Å². The zero-order valence-corrected chi connectivity index (χ0v) is 19.6. The van der Waals surface area contributed by atoms with Crippen LogP contribution in [0.2, 0.25) is 0 Å². The van der Waals surface area contributed by atoms with Gasteiger partial charge in [-0.1, -0.05) is 25.1 Å². The van der Waals surface area contributed by atoms with Gasteiger partial charge in [0.1, 0.15) is 5.03 Å². The Balaban J connectivity index is 2.05. The Bertz CT molecular complexity index is 773. The molecule has 0 spiro atoms. The molecule has 0 bridgehead atoms. The lowest BCUT2D eigenvalue weighted by Gasteiger charge is -2.21. The first-order valence-corrected chi connectivity index (χ1v) is 11.0. The van der Waals surface area contributed by atoms with Gasteiger partial charge in [-0.3, -0.25) is 0 Å². The maximum absolute atomic E-state index is 5.46. The maximum atomic E-state index is 5.46. The van der Waals surface area contributed by atoms with Gasteiger partial charge >= 0.3 is 0 Å². The summed E-state index contributed by atoms with van der Waals surface area (Å²) >= 11 is 14.1. The van der Waals surface area contributed by atoms with E-state index in [1.807, 2.05) is 38.4 Å². The average Bonchev–Trinajstić information content (AvgIpc) is 2.62. The Hall–Kier alpha value is -0.900. The molecule has 2 aromatic rings. The third kappa shape index (κ3) is 6.07. The lowest BCUT2D eigenvalue weighted by molar-refractivity contribution is 0.491. The van der Waals surface area contributed by atoms with Crippen LogP contribution in [0.25, 0.3) is 0 Å². The number of benzene rings is 1. The molecule has 9 heteroatoms. The van der Waals surface area contributed by atoms with Gasteiger partial charge in [-0.2, -0.15) is 0 Å². The van der Waals surface area contributed by atoms with E-state index in [-0.39, 0.29) is 0 Å². The Labute approximate surface area is 181 Å². The van der Waals surface area contributed by atoms with Crippen LogP contribution in [0.3, 0.4) is 0 Å². The van der Waals surface area contributed by atoms with Crippen LogP contribution in [-0.2, 0) is 0 Å². The molecule has 2 N–H and O–H groups in total. The average molecular weight is 519 g/mol. The molecular weight excluding hydrogens is 498 g/mol. The molecule has 0 atom stereocenters. The van der Waals surface area contributed by atoms with Crippen LogP contribution in [0.1, 0.15) is 19.8 Å². The van der Waals surface area contributed by atoms with Crippen LogP contribution in [-0.4, -0.2) is 40.8 Å². The molecule has 0 aliphatic rings.